The van der Waals surface area contributed by atoms with Crippen molar-refractivity contribution in [3.63, 3.8) is 0 Å². The summed E-state index contributed by atoms with van der Waals surface area (Å²) in [6.07, 6.45) is 3.51. The van der Waals surface area contributed by atoms with Crippen LogP contribution in [0.4, 0.5) is 0 Å². The molecule has 3 N–H and O–H groups in total. The van der Waals surface area contributed by atoms with Crippen molar-refractivity contribution in [2.24, 2.45) is 0 Å². The van der Waals surface area contributed by atoms with Gasteiger partial charge < -0.3 is 25.2 Å². The summed E-state index contributed by atoms with van der Waals surface area (Å²) in [4.78, 5) is 37.4. The molecule has 0 aliphatic carbocycles. The van der Waals surface area contributed by atoms with Crippen molar-refractivity contribution in [1.82, 2.24) is 10.2 Å². The summed E-state index contributed by atoms with van der Waals surface area (Å²) in [6, 6.07) is 3.38. The number of phenolic OH excluding ortho intramolecular Hbond substituents is 2. The molecule has 8 nitrogen and oxygen atoms in total. The van der Waals surface area contributed by atoms with Crippen LogP contribution >= 0.6 is 0 Å². The van der Waals surface area contributed by atoms with E-state index in [-0.39, 0.29) is 30.4 Å². The Labute approximate surface area is 170 Å². The normalized spacial score (nSPS) is 11.2. The molecule has 0 spiro atoms. The van der Waals surface area contributed by atoms with E-state index in [1.54, 1.807) is 11.0 Å². The molecule has 1 unspecified atom stereocenters. The van der Waals surface area contributed by atoms with E-state index in [2.05, 4.69) is 18.5 Å². The molecule has 1 atom stereocenters. The molecular weight excluding hydrogens is 376 g/mol. The van der Waals surface area contributed by atoms with Gasteiger partial charge in [0.1, 0.15) is 6.04 Å². The highest BCUT2D eigenvalue weighted by Gasteiger charge is 2.25. The highest BCUT2D eigenvalue weighted by Crippen LogP contribution is 2.25. The molecule has 0 fully saturated rings. The number of carbonyl (C=O) groups is 3. The molecule has 1 rings (SSSR count). The molecule has 0 aromatic heterocycles. The van der Waals surface area contributed by atoms with Gasteiger partial charge in [-0.1, -0.05) is 19.2 Å². The molecule has 0 bridgehead atoms. The maximum Gasteiger partial charge on any atom is 0.330 e. The van der Waals surface area contributed by atoms with E-state index in [1.165, 1.54) is 12.1 Å². The van der Waals surface area contributed by atoms with Gasteiger partial charge in [0.05, 0.1) is 6.61 Å². The highest BCUT2D eigenvalue weighted by atomic mass is 16.5. The second kappa shape index (κ2) is 12.2. The molecule has 2 amide bonds. The third-order valence-corrected chi connectivity index (χ3v) is 4.21. The number of amides is 2. The second-order valence-corrected chi connectivity index (χ2v) is 6.29. The first-order valence-corrected chi connectivity index (χ1v) is 9.34. The van der Waals surface area contributed by atoms with E-state index in [0.29, 0.717) is 31.5 Å². The van der Waals surface area contributed by atoms with Crippen LogP contribution in [0.25, 0.3) is 0 Å². The minimum Gasteiger partial charge on any atom is -0.504 e. The molecule has 0 aliphatic heterocycles. The van der Waals surface area contributed by atoms with Gasteiger partial charge in [0.15, 0.2) is 11.5 Å². The quantitative estimate of drug-likeness (QED) is 0.211. The largest absolute Gasteiger partial charge is 0.504 e. The number of nitrogens with zero attached hydrogens (tertiary/aromatic N) is 1. The second-order valence-electron chi connectivity index (χ2n) is 6.29. The van der Waals surface area contributed by atoms with Gasteiger partial charge in [0, 0.05) is 25.6 Å². The Morgan fingerprint density at radius 1 is 1.17 bits per heavy atom. The van der Waals surface area contributed by atoms with E-state index >= 15 is 0 Å². The third kappa shape index (κ3) is 8.08. The number of esters is 1. The first kappa shape index (κ1) is 23.7. The Balaban J connectivity index is 2.77. The maximum absolute atomic E-state index is 13.0. The molecule has 0 aliphatic rings. The smallest absolute Gasteiger partial charge is 0.330 e. The average molecular weight is 404 g/mol. The van der Waals surface area contributed by atoms with Gasteiger partial charge >= 0.3 is 5.97 Å². The van der Waals surface area contributed by atoms with Crippen LogP contribution in [0.1, 0.15) is 25.3 Å². The number of hydrogen-bond acceptors (Lipinski definition) is 6. The Hall–Kier alpha value is -3.29. The number of hydrogen-bond donors (Lipinski definition) is 3. The SMILES string of the molecule is C=CC(=O)NC(Cc1ccc(O)c(O)c1)C(=O)N(CC)CCCCOC(=O)C=C. The first-order valence-electron chi connectivity index (χ1n) is 9.34. The van der Waals surface area contributed by atoms with Crippen molar-refractivity contribution in [2.75, 3.05) is 19.7 Å². The van der Waals surface area contributed by atoms with Crippen molar-refractivity contribution in [2.45, 2.75) is 32.2 Å². The summed E-state index contributed by atoms with van der Waals surface area (Å²) in [7, 11) is 0. The van der Waals surface area contributed by atoms with Crippen LogP contribution < -0.4 is 5.32 Å². The number of nitrogens with one attached hydrogen (secondary N) is 1. The fraction of sp³-hybridized carbons (Fsp3) is 0.381. The third-order valence-electron chi connectivity index (χ3n) is 4.21. The molecular formula is C21H28N2O6. The molecule has 29 heavy (non-hydrogen) atoms. The number of unbranched alkanes of at least 4 members (excludes halogenated alkanes) is 1. The predicted octanol–water partition coefficient (Wildman–Crippen LogP) is 1.67. The standard InChI is InChI=1S/C21H28N2O6/c1-4-19(26)22-16(13-15-9-10-17(24)18(25)14-15)21(28)23(6-3)11-7-8-12-29-20(27)5-2/h4-5,9-10,14,16,24-25H,1-2,6-8,11-13H2,3H3,(H,22,26). The first-order chi connectivity index (χ1) is 13.8. The maximum atomic E-state index is 13.0. The van der Waals surface area contributed by atoms with E-state index in [4.69, 9.17) is 4.74 Å². The lowest BCUT2D eigenvalue weighted by Gasteiger charge is -2.27. The summed E-state index contributed by atoms with van der Waals surface area (Å²) in [5.74, 6) is -1.82. The van der Waals surface area contributed by atoms with Gasteiger partial charge in [-0.05, 0) is 43.5 Å². The van der Waals surface area contributed by atoms with Gasteiger partial charge in [-0.3, -0.25) is 9.59 Å². The van der Waals surface area contributed by atoms with Gasteiger partial charge in [0.25, 0.3) is 0 Å². The Bertz CT molecular complexity index is 747. The highest BCUT2D eigenvalue weighted by molar-refractivity contribution is 5.92. The molecule has 0 saturated heterocycles. The van der Waals surface area contributed by atoms with E-state index in [9.17, 15) is 24.6 Å². The molecule has 0 radical (unpaired) electrons. The minimum absolute atomic E-state index is 0.139. The zero-order valence-corrected chi connectivity index (χ0v) is 16.6. The van der Waals surface area contributed by atoms with Crippen LogP contribution in [0.3, 0.4) is 0 Å². The Kier molecular flexibility index (Phi) is 10.0. The number of ether oxygens (including phenoxy) is 1. The molecule has 158 valence electrons. The fourth-order valence-electron chi connectivity index (χ4n) is 2.64. The molecule has 1 aromatic rings. The lowest BCUT2D eigenvalue weighted by Crippen LogP contribution is -2.49. The molecule has 0 saturated carbocycles. The summed E-state index contributed by atoms with van der Waals surface area (Å²) in [6.45, 7) is 9.66. The van der Waals surface area contributed by atoms with Crippen LogP contribution in [0.15, 0.2) is 43.5 Å². The fourth-order valence-corrected chi connectivity index (χ4v) is 2.64. The minimum atomic E-state index is -0.858. The lowest BCUT2D eigenvalue weighted by atomic mass is 10.0. The summed E-state index contributed by atoms with van der Waals surface area (Å²) in [5.41, 5.74) is 0.579. The zero-order valence-electron chi connectivity index (χ0n) is 16.6. The number of benzene rings is 1. The van der Waals surface area contributed by atoms with Crippen molar-refractivity contribution >= 4 is 17.8 Å². The zero-order chi connectivity index (χ0) is 21.8. The van der Waals surface area contributed by atoms with Crippen LogP contribution in [-0.4, -0.2) is 58.6 Å². The van der Waals surface area contributed by atoms with Gasteiger partial charge in [-0.15, -0.1) is 0 Å². The average Bonchev–Trinajstić information content (AvgIpc) is 2.71. The van der Waals surface area contributed by atoms with Crippen LogP contribution in [0.2, 0.25) is 0 Å². The molecule has 1 aromatic carbocycles. The van der Waals surface area contributed by atoms with E-state index in [1.807, 2.05) is 6.92 Å². The molecule has 0 heterocycles. The lowest BCUT2D eigenvalue weighted by molar-refractivity contribution is -0.138. The summed E-state index contributed by atoms with van der Waals surface area (Å²) >= 11 is 0. The van der Waals surface area contributed by atoms with Crippen LogP contribution in [0, 0.1) is 0 Å². The number of carbonyl (C=O) groups excluding carboxylic acids is 3. The van der Waals surface area contributed by atoms with Crippen LogP contribution in [-0.2, 0) is 25.5 Å². The Morgan fingerprint density at radius 2 is 1.90 bits per heavy atom. The van der Waals surface area contributed by atoms with Gasteiger partial charge in [0.2, 0.25) is 11.8 Å². The van der Waals surface area contributed by atoms with E-state index in [0.717, 1.165) is 12.2 Å². The van der Waals surface area contributed by atoms with Crippen molar-refractivity contribution < 1.29 is 29.3 Å². The van der Waals surface area contributed by atoms with Gasteiger partial charge in [-0.25, -0.2) is 4.79 Å². The van der Waals surface area contributed by atoms with Crippen molar-refractivity contribution in [3.8, 4) is 11.5 Å². The molecule has 8 heteroatoms. The van der Waals surface area contributed by atoms with Crippen LogP contribution in [0.5, 0.6) is 11.5 Å². The number of aromatic hydroxyl groups is 2. The number of phenols is 2. The summed E-state index contributed by atoms with van der Waals surface area (Å²) in [5, 5.41) is 21.7. The monoisotopic (exact) mass is 404 g/mol. The van der Waals surface area contributed by atoms with Crippen molar-refractivity contribution in [3.05, 3.63) is 49.1 Å². The summed E-state index contributed by atoms with van der Waals surface area (Å²) < 4.78 is 4.91. The predicted molar refractivity (Wildman–Crippen MR) is 108 cm³/mol. The number of likely N-dealkylation sites (N-methyl/N-ethyl adjacent to an activating group) is 1. The van der Waals surface area contributed by atoms with Crippen molar-refractivity contribution in [1.29, 1.82) is 0 Å². The Morgan fingerprint density at radius 3 is 2.48 bits per heavy atom. The number of rotatable bonds is 12. The topological polar surface area (TPSA) is 116 Å². The van der Waals surface area contributed by atoms with E-state index < -0.39 is 17.9 Å². The van der Waals surface area contributed by atoms with Gasteiger partial charge in [-0.2, -0.15) is 0 Å².